The Balaban J connectivity index is 1.28. The first-order valence-corrected chi connectivity index (χ1v) is 13.9. The molecule has 3 aromatic rings. The Kier molecular flexibility index (Phi) is 7.91. The van der Waals surface area contributed by atoms with Gasteiger partial charge in [0.25, 0.3) is 5.91 Å². The number of piperidine rings is 1. The van der Waals surface area contributed by atoms with Crippen molar-refractivity contribution >= 4 is 56.6 Å². The molecule has 14 heteroatoms. The molecule has 1 fully saturated rings. The van der Waals surface area contributed by atoms with Crippen LogP contribution in [0.15, 0.2) is 33.0 Å². The fourth-order valence-corrected chi connectivity index (χ4v) is 6.10. The third-order valence-corrected chi connectivity index (χ3v) is 8.63. The number of benzene rings is 1. The quantitative estimate of drug-likeness (QED) is 0.363. The lowest BCUT2D eigenvalue weighted by Crippen LogP contribution is -2.44. The summed E-state index contributed by atoms with van der Waals surface area (Å²) >= 11 is 5.11. The summed E-state index contributed by atoms with van der Waals surface area (Å²) in [6.45, 7) is 3.44. The van der Waals surface area contributed by atoms with Gasteiger partial charge in [0.15, 0.2) is 39.7 Å². The first-order chi connectivity index (χ1) is 18.3. The Hall–Kier alpha value is -3.10. The minimum Gasteiger partial charge on any atom is -0.454 e. The maximum atomic E-state index is 12.6. The predicted molar refractivity (Wildman–Crippen MR) is 143 cm³/mol. The molecule has 0 unspecified atom stereocenters. The summed E-state index contributed by atoms with van der Waals surface area (Å²) in [6, 6.07) is 3.81. The van der Waals surface area contributed by atoms with Crippen molar-refractivity contribution in [1.29, 1.82) is 0 Å². The van der Waals surface area contributed by atoms with Crippen LogP contribution in [0.4, 0.5) is 5.82 Å². The van der Waals surface area contributed by atoms with Gasteiger partial charge in [0.2, 0.25) is 6.79 Å². The van der Waals surface area contributed by atoms with Crippen molar-refractivity contribution in [2.24, 2.45) is 11.7 Å². The van der Waals surface area contributed by atoms with Crippen LogP contribution in [0.2, 0.25) is 0 Å². The molecule has 2 aromatic heterocycles. The summed E-state index contributed by atoms with van der Waals surface area (Å²) in [4.78, 5) is 40.1. The van der Waals surface area contributed by atoms with Crippen molar-refractivity contribution < 1.29 is 23.8 Å². The fraction of sp³-hybridized carbons (Fsp3) is 0.458. The van der Waals surface area contributed by atoms with Crippen LogP contribution in [0.3, 0.4) is 0 Å². The zero-order valence-electron chi connectivity index (χ0n) is 20.8. The van der Waals surface area contributed by atoms with Crippen LogP contribution in [0, 0.1) is 5.92 Å². The molecular weight excluding hydrogens is 578 g/mol. The second kappa shape index (κ2) is 11.3. The molecule has 1 aromatic carbocycles. The van der Waals surface area contributed by atoms with Crippen molar-refractivity contribution in [2.75, 3.05) is 32.2 Å². The van der Waals surface area contributed by atoms with Gasteiger partial charge in [-0.3, -0.25) is 9.59 Å². The second-order valence-electron chi connectivity index (χ2n) is 9.11. The van der Waals surface area contributed by atoms with E-state index in [9.17, 15) is 9.59 Å². The molecule has 0 spiro atoms. The topological polar surface area (TPSA) is 161 Å². The number of hydrogen-bond acceptors (Lipinski definition) is 11. The van der Waals surface area contributed by atoms with Crippen molar-refractivity contribution in [3.63, 3.8) is 0 Å². The molecule has 0 bridgehead atoms. The highest BCUT2D eigenvalue weighted by Crippen LogP contribution is 2.43. The predicted octanol–water partition coefficient (Wildman–Crippen LogP) is 2.57. The van der Waals surface area contributed by atoms with E-state index >= 15 is 0 Å². The van der Waals surface area contributed by atoms with Crippen LogP contribution in [0.25, 0.3) is 11.2 Å². The number of aromatic nitrogens is 4. The molecule has 1 atom stereocenters. The minimum absolute atomic E-state index is 0.189. The zero-order chi connectivity index (χ0) is 26.8. The number of nitrogens with zero attached hydrogens (tertiary/aromatic N) is 5. The molecule has 1 amide bonds. The molecule has 0 aliphatic carbocycles. The molecule has 0 saturated carbocycles. The average Bonchev–Trinajstić information content (AvgIpc) is 3.51. The van der Waals surface area contributed by atoms with Crippen LogP contribution in [-0.4, -0.2) is 68.8 Å². The number of nitrogen functional groups attached to an aromatic ring is 1. The monoisotopic (exact) mass is 605 g/mol. The van der Waals surface area contributed by atoms with Gasteiger partial charge in [-0.2, -0.15) is 0 Å². The number of anilines is 1. The second-order valence-corrected chi connectivity index (χ2v) is 11.0. The molecule has 0 radical (unpaired) electrons. The van der Waals surface area contributed by atoms with E-state index in [1.54, 1.807) is 11.8 Å². The number of carbonyl (C=O) groups is 2. The Morgan fingerprint density at radius 3 is 2.71 bits per heavy atom. The number of ether oxygens (including phenoxy) is 3. The van der Waals surface area contributed by atoms with Gasteiger partial charge in [0.05, 0.1) is 6.54 Å². The maximum Gasteiger partial charge on any atom is 0.320 e. The highest BCUT2D eigenvalue weighted by atomic mass is 79.9. The van der Waals surface area contributed by atoms with Crippen molar-refractivity contribution in [3.05, 3.63) is 22.9 Å². The van der Waals surface area contributed by atoms with Gasteiger partial charge in [-0.15, -0.1) is 0 Å². The number of aryl methyl sites for hydroxylation is 1. The minimum atomic E-state index is -0.833. The number of amides is 1. The molecule has 5 rings (SSSR count). The van der Waals surface area contributed by atoms with Crippen molar-refractivity contribution in [3.8, 4) is 11.5 Å². The van der Waals surface area contributed by atoms with E-state index in [0.29, 0.717) is 54.0 Å². The van der Waals surface area contributed by atoms with E-state index in [1.165, 1.54) is 18.1 Å². The lowest BCUT2D eigenvalue weighted by Gasteiger charge is -2.33. The third kappa shape index (κ3) is 5.52. The van der Waals surface area contributed by atoms with Gasteiger partial charge >= 0.3 is 5.97 Å². The van der Waals surface area contributed by atoms with Crippen LogP contribution in [0.5, 0.6) is 11.5 Å². The van der Waals surface area contributed by atoms with E-state index in [4.69, 9.17) is 30.7 Å². The molecule has 2 aliphatic heterocycles. The molecule has 12 nitrogen and oxygen atoms in total. The van der Waals surface area contributed by atoms with Gasteiger partial charge in [0, 0.05) is 29.0 Å². The fourth-order valence-electron chi connectivity index (χ4n) is 4.60. The van der Waals surface area contributed by atoms with Crippen molar-refractivity contribution in [1.82, 2.24) is 24.4 Å². The van der Waals surface area contributed by atoms with E-state index in [2.05, 4.69) is 30.5 Å². The van der Waals surface area contributed by atoms with Crippen LogP contribution in [-0.2, 0) is 20.9 Å². The molecular formula is C24H28BrN7O5S. The number of hydrogen-bond donors (Lipinski definition) is 2. The number of fused-ring (bicyclic) bond motifs is 2. The summed E-state index contributed by atoms with van der Waals surface area (Å²) in [5.41, 5.74) is 12.6. The Morgan fingerprint density at radius 1 is 1.24 bits per heavy atom. The largest absolute Gasteiger partial charge is 0.454 e. The summed E-state index contributed by atoms with van der Waals surface area (Å²) in [5, 5.41) is 0.745. The van der Waals surface area contributed by atoms with Crippen molar-refractivity contribution in [2.45, 2.75) is 48.9 Å². The van der Waals surface area contributed by atoms with Gasteiger partial charge in [0.1, 0.15) is 6.33 Å². The smallest absolute Gasteiger partial charge is 0.320 e. The molecule has 1 saturated heterocycles. The number of likely N-dealkylation sites (tertiary alicyclic amines) is 1. The van der Waals surface area contributed by atoms with E-state index in [0.717, 1.165) is 33.8 Å². The lowest BCUT2D eigenvalue weighted by atomic mass is 9.93. The summed E-state index contributed by atoms with van der Waals surface area (Å²) in [5.74, 6) is 1.35. The molecule has 4 N–H and O–H groups in total. The number of rotatable bonds is 8. The average molecular weight is 607 g/mol. The highest BCUT2D eigenvalue weighted by molar-refractivity contribution is 9.10. The normalized spacial score (nSPS) is 16.1. The summed E-state index contributed by atoms with van der Waals surface area (Å²) in [7, 11) is 0. The molecule has 4 heterocycles. The number of esters is 1. The lowest BCUT2D eigenvalue weighted by molar-refractivity contribution is -0.158. The van der Waals surface area contributed by atoms with E-state index in [1.807, 2.05) is 12.1 Å². The van der Waals surface area contributed by atoms with Crippen LogP contribution < -0.4 is 20.9 Å². The maximum absolute atomic E-state index is 12.6. The zero-order valence-corrected chi connectivity index (χ0v) is 23.2. The molecule has 202 valence electrons. The number of carbonyl (C=O) groups excluding carboxylic acids is 2. The highest BCUT2D eigenvalue weighted by Gasteiger charge is 2.28. The summed E-state index contributed by atoms with van der Waals surface area (Å²) < 4.78 is 19.0. The van der Waals surface area contributed by atoms with E-state index in [-0.39, 0.29) is 19.2 Å². The SMILES string of the molecule is C[C@H](OC(=O)CN)C(=O)N1CCC(CCn2c(Sc3cc4c(cc3Br)OCO4)nc3c(N)ncnc32)CC1. The van der Waals surface area contributed by atoms with Gasteiger partial charge < -0.3 is 35.1 Å². The van der Waals surface area contributed by atoms with Crippen LogP contribution >= 0.6 is 27.7 Å². The molecule has 2 aliphatic rings. The Bertz CT molecular complexity index is 1360. The standard InChI is InChI=1S/C24H28BrN7O5S/c1-13(37-19(33)10-26)23(34)31-5-2-14(3-6-31)4-7-32-22-20(21(27)28-11-29-22)30-24(32)38-18-9-17-16(8-15(18)25)35-12-36-17/h8-9,11,13-14H,2-7,10,12,26H2,1H3,(H2,27,28,29)/t13-/m0/s1. The Labute approximate surface area is 231 Å². The van der Waals surface area contributed by atoms with Gasteiger partial charge in [-0.05, 0) is 60.2 Å². The Morgan fingerprint density at radius 2 is 1.97 bits per heavy atom. The van der Waals surface area contributed by atoms with Crippen LogP contribution in [0.1, 0.15) is 26.2 Å². The van der Waals surface area contributed by atoms with Gasteiger partial charge in [-0.1, -0.05) is 11.8 Å². The van der Waals surface area contributed by atoms with Gasteiger partial charge in [-0.25, -0.2) is 15.0 Å². The first kappa shape index (κ1) is 26.5. The first-order valence-electron chi connectivity index (χ1n) is 12.3. The number of nitrogens with two attached hydrogens (primary N) is 2. The van der Waals surface area contributed by atoms with E-state index < -0.39 is 12.1 Å². The molecule has 38 heavy (non-hydrogen) atoms. The number of imidazole rings is 1. The number of halogens is 1. The third-order valence-electron chi connectivity index (χ3n) is 6.66. The summed E-state index contributed by atoms with van der Waals surface area (Å²) in [6.07, 6.45) is 3.20.